The zero-order valence-electron chi connectivity index (χ0n) is 8.18. The molecule has 1 aromatic carbocycles. The lowest BCUT2D eigenvalue weighted by atomic mass is 10.0. The van der Waals surface area contributed by atoms with Gasteiger partial charge in [-0.2, -0.15) is 5.26 Å². The van der Waals surface area contributed by atoms with Crippen LogP contribution in [0, 0.1) is 11.3 Å². The summed E-state index contributed by atoms with van der Waals surface area (Å²) in [7, 11) is 0. The maximum absolute atomic E-state index is 10.3. The summed E-state index contributed by atoms with van der Waals surface area (Å²) in [5.41, 5.74) is 1.82. The zero-order chi connectivity index (χ0) is 11.1. The van der Waals surface area contributed by atoms with Crippen LogP contribution < -0.4 is 0 Å². The van der Waals surface area contributed by atoms with Crippen LogP contribution in [0.5, 0.6) is 0 Å². The van der Waals surface area contributed by atoms with Crippen LogP contribution in [0.4, 0.5) is 0 Å². The van der Waals surface area contributed by atoms with Gasteiger partial charge < -0.3 is 5.11 Å². The first kappa shape index (κ1) is 11.0. The van der Waals surface area contributed by atoms with Crippen molar-refractivity contribution in [2.45, 2.75) is 12.8 Å². The molecule has 0 bridgehead atoms. The Morgan fingerprint density at radius 1 is 1.47 bits per heavy atom. The number of hydrogen-bond donors (Lipinski definition) is 1. The minimum absolute atomic E-state index is 0.000881. The molecule has 0 fully saturated rings. The SMILES string of the molecule is N#CCc1ccccc1C=CCC(=O)O. The molecule has 1 aromatic rings. The van der Waals surface area contributed by atoms with Gasteiger partial charge in [-0.15, -0.1) is 0 Å². The Labute approximate surface area is 88.3 Å². The number of carboxylic acid groups (broad SMARTS) is 1. The highest BCUT2D eigenvalue weighted by Gasteiger charge is 1.97. The minimum Gasteiger partial charge on any atom is -0.481 e. The fraction of sp³-hybridized carbons (Fsp3) is 0.167. The van der Waals surface area contributed by atoms with Gasteiger partial charge in [0.1, 0.15) is 0 Å². The van der Waals surface area contributed by atoms with Gasteiger partial charge in [-0.05, 0) is 11.1 Å². The Balaban J connectivity index is 2.80. The molecule has 1 rings (SSSR count). The molecule has 3 heteroatoms. The second-order valence-corrected chi connectivity index (χ2v) is 3.03. The molecule has 0 radical (unpaired) electrons. The number of rotatable bonds is 4. The van der Waals surface area contributed by atoms with Gasteiger partial charge in [0.05, 0.1) is 18.9 Å². The molecule has 3 nitrogen and oxygen atoms in total. The van der Waals surface area contributed by atoms with Gasteiger partial charge in [-0.1, -0.05) is 36.4 Å². The van der Waals surface area contributed by atoms with Gasteiger partial charge in [0.2, 0.25) is 0 Å². The molecule has 0 aliphatic carbocycles. The summed E-state index contributed by atoms with van der Waals surface area (Å²) in [6.07, 6.45) is 3.66. The third kappa shape index (κ3) is 3.65. The van der Waals surface area contributed by atoms with Crippen LogP contribution >= 0.6 is 0 Å². The number of aliphatic carboxylic acids is 1. The molecule has 0 aromatic heterocycles. The smallest absolute Gasteiger partial charge is 0.307 e. The third-order valence-corrected chi connectivity index (χ3v) is 1.91. The standard InChI is InChI=1S/C12H11NO2/c13-9-8-11-5-2-1-4-10(11)6-3-7-12(14)15/h1-6H,7-8H2,(H,14,15). The van der Waals surface area contributed by atoms with E-state index in [9.17, 15) is 4.79 Å². The molecule has 0 saturated heterocycles. The summed E-state index contributed by atoms with van der Waals surface area (Å²) >= 11 is 0. The van der Waals surface area contributed by atoms with E-state index < -0.39 is 5.97 Å². The summed E-state index contributed by atoms with van der Waals surface area (Å²) < 4.78 is 0. The van der Waals surface area contributed by atoms with Gasteiger partial charge in [-0.3, -0.25) is 4.79 Å². The van der Waals surface area contributed by atoms with Gasteiger partial charge in [0, 0.05) is 0 Å². The van der Waals surface area contributed by atoms with Crippen LogP contribution in [-0.4, -0.2) is 11.1 Å². The predicted molar refractivity (Wildman–Crippen MR) is 57.0 cm³/mol. The van der Waals surface area contributed by atoms with E-state index in [2.05, 4.69) is 6.07 Å². The normalized spacial score (nSPS) is 10.1. The monoisotopic (exact) mass is 201 g/mol. The van der Waals surface area contributed by atoms with Crippen molar-refractivity contribution < 1.29 is 9.90 Å². The van der Waals surface area contributed by atoms with Gasteiger partial charge in [0.25, 0.3) is 0 Å². The lowest BCUT2D eigenvalue weighted by molar-refractivity contribution is -0.135. The Bertz CT molecular complexity index is 416. The van der Waals surface area contributed by atoms with Crippen molar-refractivity contribution in [3.05, 3.63) is 41.5 Å². The summed E-state index contributed by atoms with van der Waals surface area (Å²) in [5.74, 6) is -0.857. The zero-order valence-corrected chi connectivity index (χ0v) is 8.18. The molecule has 0 heterocycles. The summed E-state index contributed by atoms with van der Waals surface area (Å²) in [5, 5.41) is 17.1. The molecule has 15 heavy (non-hydrogen) atoms. The molecule has 0 aliphatic heterocycles. The van der Waals surface area contributed by atoms with Crippen molar-refractivity contribution >= 4 is 12.0 Å². The van der Waals surface area contributed by atoms with Crippen LogP contribution in [0.2, 0.25) is 0 Å². The highest BCUT2D eigenvalue weighted by atomic mass is 16.4. The first-order chi connectivity index (χ1) is 7.24. The molecular formula is C12H11NO2. The van der Waals surface area contributed by atoms with Crippen molar-refractivity contribution in [2.75, 3.05) is 0 Å². The number of nitriles is 1. The van der Waals surface area contributed by atoms with E-state index >= 15 is 0 Å². The van der Waals surface area contributed by atoms with Crippen molar-refractivity contribution in [3.63, 3.8) is 0 Å². The Morgan fingerprint density at radius 3 is 2.87 bits per heavy atom. The van der Waals surface area contributed by atoms with E-state index in [1.165, 1.54) is 0 Å². The summed E-state index contributed by atoms with van der Waals surface area (Å²) in [6.45, 7) is 0. The van der Waals surface area contributed by atoms with Crippen molar-refractivity contribution in [1.29, 1.82) is 5.26 Å². The Kier molecular flexibility index (Phi) is 4.11. The van der Waals surface area contributed by atoms with E-state index in [0.29, 0.717) is 6.42 Å². The van der Waals surface area contributed by atoms with Crippen LogP contribution in [0.25, 0.3) is 6.08 Å². The van der Waals surface area contributed by atoms with Crippen molar-refractivity contribution in [3.8, 4) is 6.07 Å². The second-order valence-electron chi connectivity index (χ2n) is 3.03. The molecule has 0 saturated carbocycles. The Hall–Kier alpha value is -2.08. The van der Waals surface area contributed by atoms with E-state index in [-0.39, 0.29) is 6.42 Å². The number of carboxylic acids is 1. The average molecular weight is 201 g/mol. The molecule has 76 valence electrons. The number of carbonyl (C=O) groups is 1. The minimum atomic E-state index is -0.857. The van der Waals surface area contributed by atoms with Crippen molar-refractivity contribution in [2.24, 2.45) is 0 Å². The van der Waals surface area contributed by atoms with Crippen LogP contribution in [0.1, 0.15) is 17.5 Å². The molecule has 0 atom stereocenters. The van der Waals surface area contributed by atoms with Gasteiger partial charge in [0.15, 0.2) is 0 Å². The highest BCUT2D eigenvalue weighted by Crippen LogP contribution is 2.11. The Morgan fingerprint density at radius 2 is 2.20 bits per heavy atom. The van der Waals surface area contributed by atoms with E-state index in [0.717, 1.165) is 11.1 Å². The quantitative estimate of drug-likeness (QED) is 0.812. The maximum atomic E-state index is 10.3. The van der Waals surface area contributed by atoms with Crippen LogP contribution in [0.15, 0.2) is 30.3 Å². The van der Waals surface area contributed by atoms with Crippen LogP contribution in [0.3, 0.4) is 0 Å². The lowest BCUT2D eigenvalue weighted by Gasteiger charge is -1.99. The van der Waals surface area contributed by atoms with Crippen LogP contribution in [-0.2, 0) is 11.2 Å². The molecule has 1 N–H and O–H groups in total. The summed E-state index contributed by atoms with van der Waals surface area (Å²) in [6, 6.07) is 9.53. The topological polar surface area (TPSA) is 61.1 Å². The lowest BCUT2D eigenvalue weighted by Crippen LogP contribution is -1.90. The van der Waals surface area contributed by atoms with E-state index in [4.69, 9.17) is 10.4 Å². The maximum Gasteiger partial charge on any atom is 0.307 e. The largest absolute Gasteiger partial charge is 0.481 e. The predicted octanol–water partition coefficient (Wildman–Crippen LogP) is 2.24. The fourth-order valence-corrected chi connectivity index (χ4v) is 1.23. The first-order valence-corrected chi connectivity index (χ1v) is 4.57. The number of hydrogen-bond acceptors (Lipinski definition) is 2. The molecule has 0 aliphatic rings. The number of nitrogens with zero attached hydrogens (tertiary/aromatic N) is 1. The molecule has 0 unspecified atom stereocenters. The molecule has 0 amide bonds. The average Bonchev–Trinajstić information content (AvgIpc) is 2.20. The summed E-state index contributed by atoms with van der Waals surface area (Å²) in [4.78, 5) is 10.3. The van der Waals surface area contributed by atoms with E-state index in [1.54, 1.807) is 12.2 Å². The van der Waals surface area contributed by atoms with Gasteiger partial charge in [-0.25, -0.2) is 0 Å². The fourth-order valence-electron chi connectivity index (χ4n) is 1.23. The second kappa shape index (κ2) is 5.61. The van der Waals surface area contributed by atoms with Crippen molar-refractivity contribution in [1.82, 2.24) is 0 Å². The molecule has 0 spiro atoms. The highest BCUT2D eigenvalue weighted by molar-refractivity contribution is 5.70. The van der Waals surface area contributed by atoms with E-state index in [1.807, 2.05) is 24.3 Å². The van der Waals surface area contributed by atoms with Gasteiger partial charge >= 0.3 is 5.97 Å². The first-order valence-electron chi connectivity index (χ1n) is 4.57. The number of benzene rings is 1. The molecular weight excluding hydrogens is 190 g/mol. The third-order valence-electron chi connectivity index (χ3n) is 1.91.